The van der Waals surface area contributed by atoms with Crippen LogP contribution in [-0.4, -0.2) is 35.7 Å². The van der Waals surface area contributed by atoms with Gasteiger partial charge >= 0.3 is 12.1 Å². The number of carbonyl (C=O) groups excluding carboxylic acids is 2. The first kappa shape index (κ1) is 24.0. The average Bonchev–Trinajstić information content (AvgIpc) is 3.15. The molecule has 0 fully saturated rings. The summed E-state index contributed by atoms with van der Waals surface area (Å²) in [5.41, 5.74) is 5.91. The summed E-state index contributed by atoms with van der Waals surface area (Å²) in [6, 6.07) is 22.9. The maximum absolute atomic E-state index is 12.5. The first-order valence-electron chi connectivity index (χ1n) is 11.6. The van der Waals surface area contributed by atoms with Gasteiger partial charge in [-0.1, -0.05) is 66.7 Å². The highest BCUT2D eigenvalue weighted by Gasteiger charge is 2.29. The molecule has 180 valence electrons. The second kappa shape index (κ2) is 10.9. The summed E-state index contributed by atoms with van der Waals surface area (Å²) in [5, 5.41) is 14.5. The Morgan fingerprint density at radius 1 is 0.914 bits per heavy atom. The van der Waals surface area contributed by atoms with Crippen LogP contribution in [0.2, 0.25) is 0 Å². The van der Waals surface area contributed by atoms with Gasteiger partial charge in [-0.2, -0.15) is 0 Å². The number of carboxylic acid groups (broad SMARTS) is 1. The van der Waals surface area contributed by atoms with Crippen LogP contribution in [0.15, 0.2) is 72.8 Å². The third-order valence-corrected chi connectivity index (χ3v) is 6.10. The van der Waals surface area contributed by atoms with Crippen molar-refractivity contribution in [2.45, 2.75) is 38.1 Å². The molecule has 0 heterocycles. The highest BCUT2D eigenvalue weighted by molar-refractivity contribution is 5.92. The summed E-state index contributed by atoms with van der Waals surface area (Å²) in [7, 11) is 0. The third kappa shape index (κ3) is 5.87. The lowest BCUT2D eigenvalue weighted by atomic mass is 9.98. The zero-order chi connectivity index (χ0) is 24.8. The lowest BCUT2D eigenvalue weighted by molar-refractivity contribution is -0.137. The van der Waals surface area contributed by atoms with Crippen LogP contribution in [0.3, 0.4) is 0 Å². The first-order valence-corrected chi connectivity index (χ1v) is 11.6. The Labute approximate surface area is 204 Å². The molecule has 1 aliphatic rings. The van der Waals surface area contributed by atoms with Crippen LogP contribution in [-0.2, 0) is 20.7 Å². The van der Waals surface area contributed by atoms with Crippen molar-refractivity contribution < 1.29 is 24.2 Å². The SMILES string of the molecule is C[C@@H](CC(=O)Nc1ccccc1CCC(=O)O)NC(=O)OCC1c2ccccc2-c2ccccc21. The lowest BCUT2D eigenvalue weighted by Crippen LogP contribution is -2.36. The first-order chi connectivity index (χ1) is 16.9. The molecule has 0 saturated heterocycles. The molecule has 2 amide bonds. The minimum absolute atomic E-state index is 0.0212. The number of carbonyl (C=O) groups is 3. The molecule has 0 spiro atoms. The molecular weight excluding hydrogens is 444 g/mol. The van der Waals surface area contributed by atoms with Crippen molar-refractivity contribution in [3.8, 4) is 11.1 Å². The van der Waals surface area contributed by atoms with Crippen LogP contribution in [0.5, 0.6) is 0 Å². The van der Waals surface area contributed by atoms with E-state index in [9.17, 15) is 14.4 Å². The number of anilines is 1. The van der Waals surface area contributed by atoms with Gasteiger partial charge in [-0.25, -0.2) is 4.79 Å². The van der Waals surface area contributed by atoms with E-state index in [1.54, 1.807) is 31.2 Å². The van der Waals surface area contributed by atoms with Gasteiger partial charge < -0.3 is 20.5 Å². The molecule has 1 aliphatic carbocycles. The number of para-hydroxylation sites is 1. The fraction of sp³-hybridized carbons (Fsp3) is 0.250. The number of rotatable bonds is 9. The Morgan fingerprint density at radius 2 is 1.51 bits per heavy atom. The second-order valence-corrected chi connectivity index (χ2v) is 8.67. The summed E-state index contributed by atoms with van der Waals surface area (Å²) in [5.74, 6) is -1.21. The van der Waals surface area contributed by atoms with Crippen LogP contribution in [0, 0.1) is 0 Å². The predicted molar refractivity (Wildman–Crippen MR) is 133 cm³/mol. The van der Waals surface area contributed by atoms with Gasteiger partial charge in [0.25, 0.3) is 0 Å². The number of alkyl carbamates (subject to hydrolysis) is 1. The van der Waals surface area contributed by atoms with E-state index >= 15 is 0 Å². The van der Waals surface area contributed by atoms with Crippen LogP contribution in [0.1, 0.15) is 42.4 Å². The normalized spacial score (nSPS) is 12.8. The molecule has 7 heteroatoms. The summed E-state index contributed by atoms with van der Waals surface area (Å²) in [6.07, 6.45) is -0.224. The van der Waals surface area contributed by atoms with E-state index < -0.39 is 18.1 Å². The Kier molecular flexibility index (Phi) is 7.45. The molecule has 3 N–H and O–H groups in total. The highest BCUT2D eigenvalue weighted by atomic mass is 16.5. The molecule has 7 nitrogen and oxygen atoms in total. The van der Waals surface area contributed by atoms with Gasteiger partial charge in [-0.3, -0.25) is 9.59 Å². The average molecular weight is 473 g/mol. The Bertz CT molecular complexity index is 1190. The van der Waals surface area contributed by atoms with Gasteiger partial charge in [0.05, 0.1) is 0 Å². The van der Waals surface area contributed by atoms with E-state index in [0.29, 0.717) is 12.1 Å². The minimum Gasteiger partial charge on any atom is -0.481 e. The fourth-order valence-corrected chi connectivity index (χ4v) is 4.47. The number of aryl methyl sites for hydroxylation is 1. The molecule has 3 aromatic rings. The number of ether oxygens (including phenoxy) is 1. The van der Waals surface area contributed by atoms with E-state index in [0.717, 1.165) is 27.8 Å². The number of fused-ring (bicyclic) bond motifs is 3. The number of aliphatic carboxylic acids is 1. The molecule has 0 radical (unpaired) electrons. The molecular formula is C28H28N2O5. The predicted octanol–water partition coefficient (Wildman–Crippen LogP) is 4.96. The molecule has 3 aromatic carbocycles. The number of benzene rings is 3. The van der Waals surface area contributed by atoms with Crippen molar-refractivity contribution in [2.75, 3.05) is 11.9 Å². The topological polar surface area (TPSA) is 105 Å². The van der Waals surface area contributed by atoms with Gasteiger partial charge in [-0.15, -0.1) is 0 Å². The standard InChI is InChI=1S/C28H28N2O5/c1-18(16-26(31)30-25-13-7-2-8-19(25)14-15-27(32)33)29-28(34)35-17-24-22-11-5-3-9-20(22)21-10-4-6-12-23(21)24/h2-13,18,24H,14-17H2,1H3,(H,29,34)(H,30,31)(H,32,33)/t18-/m0/s1. The number of nitrogens with one attached hydrogen (secondary N) is 2. The quantitative estimate of drug-likeness (QED) is 0.408. The molecule has 0 unspecified atom stereocenters. The van der Waals surface area contributed by atoms with E-state index in [2.05, 4.69) is 34.9 Å². The van der Waals surface area contributed by atoms with Crippen molar-refractivity contribution in [2.24, 2.45) is 0 Å². The summed E-state index contributed by atoms with van der Waals surface area (Å²) in [4.78, 5) is 35.8. The van der Waals surface area contributed by atoms with Gasteiger partial charge in [-0.05, 0) is 47.2 Å². The Hall–Kier alpha value is -4.13. The number of carboxylic acids is 1. The van der Waals surface area contributed by atoms with Gasteiger partial charge in [0, 0.05) is 30.5 Å². The number of hydrogen-bond acceptors (Lipinski definition) is 4. The smallest absolute Gasteiger partial charge is 0.407 e. The van der Waals surface area contributed by atoms with Crippen LogP contribution in [0.25, 0.3) is 11.1 Å². The fourth-order valence-electron chi connectivity index (χ4n) is 4.47. The Balaban J connectivity index is 1.29. The number of hydrogen-bond donors (Lipinski definition) is 3. The van der Waals surface area contributed by atoms with Crippen molar-refractivity contribution >= 4 is 23.7 Å². The summed E-state index contributed by atoms with van der Waals surface area (Å²) < 4.78 is 5.55. The lowest BCUT2D eigenvalue weighted by Gasteiger charge is -2.17. The second-order valence-electron chi connectivity index (χ2n) is 8.67. The van der Waals surface area contributed by atoms with Crippen molar-refractivity contribution in [3.05, 3.63) is 89.5 Å². The molecule has 0 aromatic heterocycles. The molecule has 1 atom stereocenters. The minimum atomic E-state index is -0.896. The monoisotopic (exact) mass is 472 g/mol. The zero-order valence-corrected chi connectivity index (χ0v) is 19.5. The maximum Gasteiger partial charge on any atom is 0.407 e. The largest absolute Gasteiger partial charge is 0.481 e. The van der Waals surface area contributed by atoms with Crippen LogP contribution in [0.4, 0.5) is 10.5 Å². The maximum atomic E-state index is 12.5. The van der Waals surface area contributed by atoms with Crippen molar-refractivity contribution in [1.29, 1.82) is 0 Å². The van der Waals surface area contributed by atoms with Gasteiger partial charge in [0.15, 0.2) is 0 Å². The summed E-state index contributed by atoms with van der Waals surface area (Å²) >= 11 is 0. The molecule has 0 saturated carbocycles. The molecule has 35 heavy (non-hydrogen) atoms. The molecule has 0 aliphatic heterocycles. The third-order valence-electron chi connectivity index (χ3n) is 6.10. The zero-order valence-electron chi connectivity index (χ0n) is 19.5. The molecule has 4 rings (SSSR count). The van der Waals surface area contributed by atoms with E-state index in [1.165, 1.54) is 0 Å². The van der Waals surface area contributed by atoms with E-state index in [4.69, 9.17) is 9.84 Å². The van der Waals surface area contributed by atoms with Crippen LogP contribution < -0.4 is 10.6 Å². The van der Waals surface area contributed by atoms with Gasteiger partial charge in [0.2, 0.25) is 5.91 Å². The highest BCUT2D eigenvalue weighted by Crippen LogP contribution is 2.44. The van der Waals surface area contributed by atoms with E-state index in [-0.39, 0.29) is 31.3 Å². The number of amides is 2. The van der Waals surface area contributed by atoms with Gasteiger partial charge in [0.1, 0.15) is 6.61 Å². The Morgan fingerprint density at radius 3 is 2.17 bits per heavy atom. The van der Waals surface area contributed by atoms with E-state index in [1.807, 2.05) is 24.3 Å². The van der Waals surface area contributed by atoms with Crippen molar-refractivity contribution in [3.63, 3.8) is 0 Å². The van der Waals surface area contributed by atoms with Crippen LogP contribution >= 0.6 is 0 Å². The summed E-state index contributed by atoms with van der Waals surface area (Å²) in [6.45, 7) is 1.94. The van der Waals surface area contributed by atoms with Crippen molar-refractivity contribution in [1.82, 2.24) is 5.32 Å². The molecule has 0 bridgehead atoms.